The molecule has 0 aliphatic carbocycles. The Morgan fingerprint density at radius 2 is 1.74 bits per heavy atom. The molecule has 0 spiro atoms. The van der Waals surface area contributed by atoms with Crippen molar-refractivity contribution in [2.24, 2.45) is 10.9 Å². The molecule has 2 rings (SSSR count). The molecule has 1 atom stereocenters. The maximum atomic E-state index is 11.6. The maximum Gasteiger partial charge on any atom is 0.270 e. The summed E-state index contributed by atoms with van der Waals surface area (Å²) in [5.41, 5.74) is 1.90. The highest BCUT2D eigenvalue weighted by atomic mass is 16.2. The van der Waals surface area contributed by atoms with E-state index < -0.39 is 0 Å². The van der Waals surface area contributed by atoms with Crippen LogP contribution in [0.15, 0.2) is 35.3 Å². The molecule has 1 aromatic carbocycles. The first-order chi connectivity index (χ1) is 10.5. The quantitative estimate of drug-likeness (QED) is 0.802. The van der Waals surface area contributed by atoms with E-state index >= 15 is 0 Å². The Kier molecular flexibility index (Phi) is 12.7. The van der Waals surface area contributed by atoms with E-state index in [1.807, 2.05) is 52.8 Å². The summed E-state index contributed by atoms with van der Waals surface area (Å²) < 4.78 is 0. The summed E-state index contributed by atoms with van der Waals surface area (Å²) in [5.74, 6) is 0.0289. The van der Waals surface area contributed by atoms with Crippen LogP contribution in [0.1, 0.15) is 40.2 Å². The van der Waals surface area contributed by atoms with Crippen LogP contribution < -0.4 is 0 Å². The Hall–Kier alpha value is -2.01. The Morgan fingerprint density at radius 1 is 1.22 bits per heavy atom. The number of aliphatic imine (C=N–C) groups is 1. The maximum absolute atomic E-state index is 11.6. The van der Waals surface area contributed by atoms with Gasteiger partial charge in [0.05, 0.1) is 6.54 Å². The zero-order valence-electron chi connectivity index (χ0n) is 15.0. The van der Waals surface area contributed by atoms with Crippen molar-refractivity contribution in [3.05, 3.63) is 35.9 Å². The molecule has 1 heterocycles. The second-order valence-electron chi connectivity index (χ2n) is 5.08. The third kappa shape index (κ3) is 7.70. The lowest BCUT2D eigenvalue weighted by atomic mass is 10.1. The normalized spacial score (nSPS) is 15.6. The summed E-state index contributed by atoms with van der Waals surface area (Å²) in [5, 5.41) is 0. The largest absolute Gasteiger partial charge is 0.412 e. The van der Waals surface area contributed by atoms with Gasteiger partial charge in [0.25, 0.3) is 5.91 Å². The highest BCUT2D eigenvalue weighted by Gasteiger charge is 2.31. The summed E-state index contributed by atoms with van der Waals surface area (Å²) >= 11 is 0. The van der Waals surface area contributed by atoms with Crippen molar-refractivity contribution in [3.63, 3.8) is 0 Å². The van der Waals surface area contributed by atoms with Crippen molar-refractivity contribution in [1.29, 1.82) is 0 Å². The van der Waals surface area contributed by atoms with Gasteiger partial charge in [-0.1, -0.05) is 63.6 Å². The molecule has 2 N–H and O–H groups in total. The number of amides is 1. The first-order valence-corrected chi connectivity index (χ1v) is 7.81. The average Bonchev–Trinajstić information content (AvgIpc) is 2.79. The molecule has 0 saturated carbocycles. The third-order valence-corrected chi connectivity index (χ3v) is 3.02. The van der Waals surface area contributed by atoms with Gasteiger partial charge in [-0.25, -0.2) is 0 Å². The number of hydrogen-bond acceptors (Lipinski definition) is 3. The molecule has 0 bridgehead atoms. The number of carbonyl (C=O) groups is 2. The molecule has 1 aliphatic rings. The standard InChI is InChI=1S/C9H14N2O2.C7H8.C2H6.H2O/c1-6(2)8-9(13)11(4-5-12)7(3)10-8;1-7-5-3-2-4-6-7;1-2;/h5-7H,4H2,1-3H3;2-6H,1H3;1-2H3;1H2/t7-;;;/m1.../s1. The van der Waals surface area contributed by atoms with Gasteiger partial charge in [0, 0.05) is 5.92 Å². The van der Waals surface area contributed by atoms with Crippen LogP contribution in [0, 0.1) is 12.8 Å². The number of hydrogen-bond donors (Lipinski definition) is 0. The second kappa shape index (κ2) is 12.5. The van der Waals surface area contributed by atoms with Gasteiger partial charge >= 0.3 is 0 Å². The third-order valence-electron chi connectivity index (χ3n) is 3.02. The Bertz CT molecular complexity index is 484. The van der Waals surface area contributed by atoms with Crippen LogP contribution in [0.25, 0.3) is 0 Å². The van der Waals surface area contributed by atoms with Crippen LogP contribution in [0.3, 0.4) is 0 Å². The predicted octanol–water partition coefficient (Wildman–Crippen LogP) is 2.67. The number of aryl methyl sites for hydroxylation is 1. The van der Waals surface area contributed by atoms with E-state index in [0.717, 1.165) is 6.29 Å². The minimum Gasteiger partial charge on any atom is -0.412 e. The van der Waals surface area contributed by atoms with Crippen LogP contribution in [0.2, 0.25) is 0 Å². The summed E-state index contributed by atoms with van der Waals surface area (Å²) in [6.07, 6.45) is 0.544. The van der Waals surface area contributed by atoms with Crippen molar-refractivity contribution in [2.75, 3.05) is 6.54 Å². The first kappa shape index (κ1) is 23.3. The van der Waals surface area contributed by atoms with Gasteiger partial charge in [0.1, 0.15) is 18.2 Å². The second-order valence-corrected chi connectivity index (χ2v) is 5.08. The summed E-state index contributed by atoms with van der Waals surface area (Å²) in [4.78, 5) is 27.5. The van der Waals surface area contributed by atoms with Crippen LogP contribution in [0.4, 0.5) is 0 Å². The number of carbonyl (C=O) groups excluding carboxylic acids is 2. The summed E-state index contributed by atoms with van der Waals surface area (Å²) in [7, 11) is 0. The number of benzene rings is 1. The van der Waals surface area contributed by atoms with Gasteiger partial charge < -0.3 is 15.2 Å². The molecular weight excluding hydrogens is 292 g/mol. The van der Waals surface area contributed by atoms with Crippen molar-refractivity contribution in [3.8, 4) is 0 Å². The van der Waals surface area contributed by atoms with Crippen LogP contribution in [0.5, 0.6) is 0 Å². The number of nitrogens with zero attached hydrogens (tertiary/aromatic N) is 2. The molecule has 1 aliphatic heterocycles. The zero-order valence-corrected chi connectivity index (χ0v) is 15.0. The summed E-state index contributed by atoms with van der Waals surface area (Å²) in [6, 6.07) is 10.3. The highest BCUT2D eigenvalue weighted by Crippen LogP contribution is 2.15. The van der Waals surface area contributed by atoms with E-state index in [2.05, 4.69) is 24.0 Å². The molecular formula is C18H30N2O3. The fraction of sp³-hybridized carbons (Fsp3) is 0.500. The average molecular weight is 322 g/mol. The minimum atomic E-state index is -0.185. The van der Waals surface area contributed by atoms with Crippen molar-refractivity contribution in [2.45, 2.75) is 47.7 Å². The predicted molar refractivity (Wildman–Crippen MR) is 95.7 cm³/mol. The first-order valence-electron chi connectivity index (χ1n) is 7.81. The molecule has 0 unspecified atom stereocenters. The Labute approximate surface area is 139 Å². The van der Waals surface area contributed by atoms with Gasteiger partial charge in [0.15, 0.2) is 0 Å². The lowest BCUT2D eigenvalue weighted by Crippen LogP contribution is -2.37. The van der Waals surface area contributed by atoms with Crippen LogP contribution >= 0.6 is 0 Å². The highest BCUT2D eigenvalue weighted by molar-refractivity contribution is 6.40. The number of rotatable bonds is 3. The fourth-order valence-corrected chi connectivity index (χ4v) is 1.89. The van der Waals surface area contributed by atoms with Crippen LogP contribution in [-0.4, -0.2) is 41.0 Å². The SMILES string of the molecule is CC.CC(C)C1=N[C@@H](C)N(CC=O)C1=O.Cc1ccccc1.O. The molecule has 0 saturated heterocycles. The lowest BCUT2D eigenvalue weighted by molar-refractivity contribution is -0.127. The summed E-state index contributed by atoms with van der Waals surface area (Å²) in [6.45, 7) is 11.9. The van der Waals surface area contributed by atoms with Gasteiger partial charge in [-0.05, 0) is 13.8 Å². The monoisotopic (exact) mass is 322 g/mol. The molecule has 5 nitrogen and oxygen atoms in total. The Morgan fingerprint density at radius 3 is 2.04 bits per heavy atom. The van der Waals surface area contributed by atoms with E-state index in [0.29, 0.717) is 5.71 Å². The smallest absolute Gasteiger partial charge is 0.270 e. The van der Waals surface area contributed by atoms with E-state index in [-0.39, 0.29) is 30.0 Å². The van der Waals surface area contributed by atoms with Gasteiger partial charge in [0.2, 0.25) is 0 Å². The topological polar surface area (TPSA) is 81.2 Å². The molecule has 23 heavy (non-hydrogen) atoms. The van der Waals surface area contributed by atoms with Crippen molar-refractivity contribution in [1.82, 2.24) is 4.90 Å². The molecule has 0 fully saturated rings. The molecule has 130 valence electrons. The zero-order chi connectivity index (χ0) is 17.1. The molecule has 0 aromatic heterocycles. The van der Waals surface area contributed by atoms with Gasteiger partial charge in [-0.2, -0.15) is 0 Å². The van der Waals surface area contributed by atoms with E-state index in [9.17, 15) is 9.59 Å². The van der Waals surface area contributed by atoms with E-state index in [4.69, 9.17) is 0 Å². The Balaban J connectivity index is 0. The number of aldehydes is 1. The molecule has 5 heteroatoms. The lowest BCUT2D eigenvalue weighted by Gasteiger charge is -2.16. The van der Waals surface area contributed by atoms with Crippen molar-refractivity contribution >= 4 is 17.9 Å². The molecule has 0 radical (unpaired) electrons. The molecule has 1 aromatic rings. The van der Waals surface area contributed by atoms with Gasteiger partial charge in [-0.15, -0.1) is 0 Å². The fourth-order valence-electron chi connectivity index (χ4n) is 1.89. The van der Waals surface area contributed by atoms with E-state index in [1.54, 1.807) is 0 Å². The van der Waals surface area contributed by atoms with Gasteiger partial charge in [-0.3, -0.25) is 9.79 Å². The van der Waals surface area contributed by atoms with Crippen molar-refractivity contribution < 1.29 is 15.1 Å². The molecule has 1 amide bonds. The van der Waals surface area contributed by atoms with E-state index in [1.165, 1.54) is 10.5 Å². The minimum absolute atomic E-state index is 0. The van der Waals surface area contributed by atoms with Crippen LogP contribution in [-0.2, 0) is 9.59 Å².